The molecule has 2 N–H and O–H groups in total. The van der Waals surface area contributed by atoms with Crippen molar-refractivity contribution in [1.82, 2.24) is 10.6 Å². The lowest BCUT2D eigenvalue weighted by Gasteiger charge is -2.21. The van der Waals surface area contributed by atoms with E-state index in [1.165, 1.54) is 0 Å². The van der Waals surface area contributed by atoms with Gasteiger partial charge >= 0.3 is 18.0 Å². The van der Waals surface area contributed by atoms with Gasteiger partial charge < -0.3 is 20.1 Å². The van der Waals surface area contributed by atoms with Crippen LogP contribution in [0.2, 0.25) is 10.0 Å². The molecule has 0 bridgehead atoms. The number of carbonyl (C=O) groups is 3. The number of halogens is 2. The van der Waals surface area contributed by atoms with Crippen LogP contribution >= 0.6 is 23.2 Å². The number of rotatable bonds is 6. The summed E-state index contributed by atoms with van der Waals surface area (Å²) in [6.45, 7) is 1.62. The number of ether oxygens (including phenoxy) is 2. The highest BCUT2D eigenvalue weighted by atomic mass is 35.5. The third kappa shape index (κ3) is 5.37. The Morgan fingerprint density at radius 2 is 1.96 bits per heavy atom. The Bertz CT molecular complexity index is 733. The third-order valence-corrected chi connectivity index (χ3v) is 4.03. The molecular weight excluding hydrogens is 371 g/mol. The molecule has 1 aliphatic heterocycles. The monoisotopic (exact) mass is 386 g/mol. The van der Waals surface area contributed by atoms with Crippen LogP contribution in [0.4, 0.5) is 4.79 Å². The molecule has 0 aromatic heterocycles. The van der Waals surface area contributed by atoms with Crippen LogP contribution in [0.1, 0.15) is 12.5 Å². The fourth-order valence-electron chi connectivity index (χ4n) is 2.09. The number of hydrogen-bond donors (Lipinski definition) is 2. The predicted octanol–water partition coefficient (Wildman–Crippen LogP) is 2.21. The van der Waals surface area contributed by atoms with E-state index in [2.05, 4.69) is 10.6 Å². The number of benzene rings is 1. The van der Waals surface area contributed by atoms with Crippen molar-refractivity contribution in [2.45, 2.75) is 13.3 Å². The summed E-state index contributed by atoms with van der Waals surface area (Å²) in [6.07, 6.45) is -0.0227. The van der Waals surface area contributed by atoms with E-state index in [4.69, 9.17) is 32.7 Å². The van der Waals surface area contributed by atoms with Gasteiger partial charge in [0, 0.05) is 0 Å². The zero-order chi connectivity index (χ0) is 18.4. The molecule has 0 fully saturated rings. The summed E-state index contributed by atoms with van der Waals surface area (Å²) >= 11 is 11.7. The molecular formula is C16H16Cl2N2O5. The van der Waals surface area contributed by atoms with Crippen molar-refractivity contribution in [2.24, 2.45) is 0 Å². The summed E-state index contributed by atoms with van der Waals surface area (Å²) < 4.78 is 10.1. The Morgan fingerprint density at radius 1 is 1.20 bits per heavy atom. The van der Waals surface area contributed by atoms with E-state index in [-0.39, 0.29) is 37.4 Å². The van der Waals surface area contributed by atoms with E-state index < -0.39 is 18.0 Å². The first kappa shape index (κ1) is 19.1. The average molecular weight is 387 g/mol. The van der Waals surface area contributed by atoms with Gasteiger partial charge in [-0.25, -0.2) is 9.59 Å². The molecule has 25 heavy (non-hydrogen) atoms. The first-order valence-corrected chi connectivity index (χ1v) is 8.19. The molecule has 1 aromatic rings. The summed E-state index contributed by atoms with van der Waals surface area (Å²) in [5.41, 5.74) is 1.04. The average Bonchev–Trinajstić information content (AvgIpc) is 2.56. The minimum atomic E-state index is -0.578. The van der Waals surface area contributed by atoms with Gasteiger partial charge in [0.05, 0.1) is 40.9 Å². The molecule has 2 rings (SSSR count). The lowest BCUT2D eigenvalue weighted by Crippen LogP contribution is -2.45. The van der Waals surface area contributed by atoms with Crippen LogP contribution in [-0.2, 0) is 25.5 Å². The van der Waals surface area contributed by atoms with E-state index in [0.29, 0.717) is 15.6 Å². The van der Waals surface area contributed by atoms with Crippen molar-refractivity contribution < 1.29 is 23.9 Å². The molecule has 134 valence electrons. The number of amides is 2. The molecule has 0 radical (unpaired) electrons. The fraction of sp³-hybridized carbons (Fsp3) is 0.312. The van der Waals surface area contributed by atoms with Gasteiger partial charge in [0.15, 0.2) is 0 Å². The Hall–Kier alpha value is -2.25. The number of hydrogen-bond acceptors (Lipinski definition) is 5. The summed E-state index contributed by atoms with van der Waals surface area (Å²) in [5.74, 6) is -1.12. The predicted molar refractivity (Wildman–Crippen MR) is 91.3 cm³/mol. The van der Waals surface area contributed by atoms with Crippen molar-refractivity contribution in [3.05, 3.63) is 45.1 Å². The topological polar surface area (TPSA) is 93.7 Å². The van der Waals surface area contributed by atoms with E-state index >= 15 is 0 Å². The van der Waals surface area contributed by atoms with Crippen molar-refractivity contribution in [3.63, 3.8) is 0 Å². The van der Waals surface area contributed by atoms with Gasteiger partial charge in [-0.05, 0) is 24.6 Å². The second kappa shape index (κ2) is 8.73. The number of carbonyl (C=O) groups excluding carboxylic acids is 3. The van der Waals surface area contributed by atoms with Crippen LogP contribution in [0, 0.1) is 0 Å². The molecule has 0 aliphatic carbocycles. The van der Waals surface area contributed by atoms with E-state index in [9.17, 15) is 14.4 Å². The minimum Gasteiger partial charge on any atom is -0.463 e. The Balaban J connectivity index is 2.01. The van der Waals surface area contributed by atoms with Crippen LogP contribution in [-0.4, -0.2) is 37.7 Å². The third-order valence-electron chi connectivity index (χ3n) is 3.29. The highest BCUT2D eigenvalue weighted by Gasteiger charge is 2.24. The van der Waals surface area contributed by atoms with Gasteiger partial charge in [0.1, 0.15) is 6.61 Å². The molecule has 2 amide bonds. The zero-order valence-electron chi connectivity index (χ0n) is 13.4. The molecule has 7 nitrogen and oxygen atoms in total. The molecule has 9 heteroatoms. The molecule has 0 saturated carbocycles. The maximum absolute atomic E-state index is 12.0. The summed E-state index contributed by atoms with van der Waals surface area (Å²) in [5, 5.41) is 5.65. The highest BCUT2D eigenvalue weighted by molar-refractivity contribution is 6.42. The summed E-state index contributed by atoms with van der Waals surface area (Å²) in [7, 11) is 0. The van der Waals surface area contributed by atoms with Crippen LogP contribution in [0.5, 0.6) is 0 Å². The van der Waals surface area contributed by atoms with Gasteiger partial charge in [-0.15, -0.1) is 0 Å². The quantitative estimate of drug-likeness (QED) is 0.730. The molecule has 0 unspecified atom stereocenters. The summed E-state index contributed by atoms with van der Waals surface area (Å²) in [6, 6.07) is 4.33. The first-order valence-electron chi connectivity index (χ1n) is 7.44. The molecule has 1 aliphatic rings. The van der Waals surface area contributed by atoms with Crippen molar-refractivity contribution >= 4 is 41.2 Å². The lowest BCUT2D eigenvalue weighted by molar-refractivity contribution is -0.143. The normalized spacial score (nSPS) is 13.8. The maximum atomic E-state index is 12.0. The fourth-order valence-corrected chi connectivity index (χ4v) is 2.41. The smallest absolute Gasteiger partial charge is 0.337 e. The number of nitrogens with one attached hydrogen (secondary N) is 2. The Kier molecular flexibility index (Phi) is 6.66. The van der Waals surface area contributed by atoms with Gasteiger partial charge in [-0.2, -0.15) is 0 Å². The zero-order valence-corrected chi connectivity index (χ0v) is 14.9. The molecule has 0 atom stereocenters. The van der Waals surface area contributed by atoms with E-state index in [1.54, 1.807) is 25.1 Å². The van der Waals surface area contributed by atoms with E-state index in [1.807, 2.05) is 0 Å². The molecule has 1 aromatic carbocycles. The van der Waals surface area contributed by atoms with Crippen LogP contribution in [0.15, 0.2) is 29.5 Å². The Labute approximate surface area is 154 Å². The lowest BCUT2D eigenvalue weighted by atomic mass is 10.1. The van der Waals surface area contributed by atoms with Crippen LogP contribution < -0.4 is 10.6 Å². The van der Waals surface area contributed by atoms with Gasteiger partial charge in [0.2, 0.25) is 0 Å². The van der Waals surface area contributed by atoms with Crippen molar-refractivity contribution in [1.29, 1.82) is 0 Å². The number of urea groups is 1. The molecule has 0 saturated heterocycles. The Morgan fingerprint density at radius 3 is 2.64 bits per heavy atom. The van der Waals surface area contributed by atoms with Crippen LogP contribution in [0.3, 0.4) is 0 Å². The van der Waals surface area contributed by atoms with Gasteiger partial charge in [-0.1, -0.05) is 29.3 Å². The van der Waals surface area contributed by atoms with E-state index in [0.717, 1.165) is 0 Å². The maximum Gasteiger partial charge on any atom is 0.337 e. The summed E-state index contributed by atoms with van der Waals surface area (Å²) in [4.78, 5) is 35.3. The first-order chi connectivity index (χ1) is 11.9. The van der Waals surface area contributed by atoms with Gasteiger partial charge in [0.25, 0.3) is 0 Å². The standard InChI is InChI=1S/C16H16Cl2N2O5/c1-2-24-15(22)10-7-19-16(23)20-13(10)8-25-14(21)6-9-3-4-11(17)12(18)5-9/h3-5H,2,6-8H2,1H3,(H2,19,20,23). The number of esters is 2. The molecule has 1 heterocycles. The SMILES string of the molecule is CCOC(=O)C1=C(COC(=O)Cc2ccc(Cl)c(Cl)c2)NC(=O)NC1. The van der Waals surface area contributed by atoms with Crippen molar-refractivity contribution in [2.75, 3.05) is 19.8 Å². The second-order valence-corrected chi connectivity index (χ2v) is 5.89. The second-order valence-electron chi connectivity index (χ2n) is 5.07. The molecule has 0 spiro atoms. The highest BCUT2D eigenvalue weighted by Crippen LogP contribution is 2.23. The van der Waals surface area contributed by atoms with Crippen molar-refractivity contribution in [3.8, 4) is 0 Å². The largest absolute Gasteiger partial charge is 0.463 e. The van der Waals surface area contributed by atoms with Crippen LogP contribution in [0.25, 0.3) is 0 Å². The minimum absolute atomic E-state index is 0.00431. The van der Waals surface area contributed by atoms with Gasteiger partial charge in [-0.3, -0.25) is 4.79 Å².